The highest BCUT2D eigenvalue weighted by Crippen LogP contribution is 2.06. The van der Waals surface area contributed by atoms with Crippen LogP contribution in [0.1, 0.15) is 33.6 Å². The molecule has 0 rings (SSSR count). The summed E-state index contributed by atoms with van der Waals surface area (Å²) in [4.78, 5) is 10.3. The fourth-order valence-corrected chi connectivity index (χ4v) is 0.853. The number of hydrogen-bond acceptors (Lipinski definition) is 3. The highest BCUT2D eigenvalue weighted by molar-refractivity contribution is 5.67. The van der Waals surface area contributed by atoms with Gasteiger partial charge in [0.1, 0.15) is 0 Å². The minimum absolute atomic E-state index is 0.0831. The van der Waals surface area contributed by atoms with Crippen molar-refractivity contribution < 1.29 is 15.0 Å². The lowest BCUT2D eigenvalue weighted by atomic mass is 10.0. The number of carboxylic acid groups (broad SMARTS) is 1. The molecule has 2 atom stereocenters. The maximum Gasteiger partial charge on any atom is 0.304 e. The van der Waals surface area contributed by atoms with Crippen LogP contribution in [0.4, 0.5) is 0 Å². The molecular weight excluding hydrogens is 170 g/mol. The monoisotopic (exact) mass is 189 g/mol. The number of aliphatic carboxylic acids is 1. The van der Waals surface area contributed by atoms with E-state index in [1.165, 1.54) is 0 Å². The Hall–Kier alpha value is -0.610. The van der Waals surface area contributed by atoms with Gasteiger partial charge in [-0.15, -0.1) is 0 Å². The van der Waals surface area contributed by atoms with E-state index in [-0.39, 0.29) is 12.5 Å². The second kappa shape index (κ2) is 5.19. The van der Waals surface area contributed by atoms with Crippen molar-refractivity contribution in [3.05, 3.63) is 0 Å². The Labute approximate surface area is 79.0 Å². The summed E-state index contributed by atoms with van der Waals surface area (Å²) < 4.78 is 0. The predicted molar refractivity (Wildman–Crippen MR) is 50.6 cm³/mol. The number of hydrogen-bond donors (Lipinski definition) is 3. The van der Waals surface area contributed by atoms with Crippen LogP contribution in [0.2, 0.25) is 0 Å². The quantitative estimate of drug-likeness (QED) is 0.572. The summed E-state index contributed by atoms with van der Waals surface area (Å²) in [5.41, 5.74) is -0.743. The molecule has 0 saturated heterocycles. The second-order valence-corrected chi connectivity index (χ2v) is 3.73. The minimum Gasteiger partial charge on any atom is -0.481 e. The SMILES string of the molecule is CCC(C)(O)CNC(C)CC(=O)O. The molecule has 0 aromatic carbocycles. The summed E-state index contributed by atoms with van der Waals surface area (Å²) in [5.74, 6) is -0.823. The smallest absolute Gasteiger partial charge is 0.304 e. The van der Waals surface area contributed by atoms with Gasteiger partial charge in [0.15, 0.2) is 0 Å². The van der Waals surface area contributed by atoms with E-state index < -0.39 is 11.6 Å². The Kier molecular flexibility index (Phi) is 4.95. The Morgan fingerprint density at radius 2 is 2.15 bits per heavy atom. The molecule has 0 saturated carbocycles. The zero-order chi connectivity index (χ0) is 10.5. The van der Waals surface area contributed by atoms with Gasteiger partial charge in [0.2, 0.25) is 0 Å². The fraction of sp³-hybridized carbons (Fsp3) is 0.889. The normalized spacial score (nSPS) is 17.8. The molecule has 0 aromatic heterocycles. The van der Waals surface area contributed by atoms with Crippen LogP contribution in [0.15, 0.2) is 0 Å². The highest BCUT2D eigenvalue weighted by Gasteiger charge is 2.18. The van der Waals surface area contributed by atoms with Crippen molar-refractivity contribution in [2.24, 2.45) is 0 Å². The topological polar surface area (TPSA) is 69.6 Å². The maximum atomic E-state index is 10.3. The molecule has 0 heterocycles. The second-order valence-electron chi connectivity index (χ2n) is 3.73. The zero-order valence-corrected chi connectivity index (χ0v) is 8.50. The molecule has 0 fully saturated rings. The van der Waals surface area contributed by atoms with Crippen molar-refractivity contribution in [3.8, 4) is 0 Å². The van der Waals surface area contributed by atoms with Crippen molar-refractivity contribution in [1.82, 2.24) is 5.32 Å². The van der Waals surface area contributed by atoms with E-state index in [2.05, 4.69) is 5.32 Å². The summed E-state index contributed by atoms with van der Waals surface area (Å²) in [7, 11) is 0. The Morgan fingerprint density at radius 1 is 1.62 bits per heavy atom. The molecule has 13 heavy (non-hydrogen) atoms. The Bertz CT molecular complexity index is 168. The van der Waals surface area contributed by atoms with Crippen LogP contribution in [0.3, 0.4) is 0 Å². The summed E-state index contributed by atoms with van der Waals surface area (Å²) in [6.07, 6.45) is 0.736. The van der Waals surface area contributed by atoms with Gasteiger partial charge in [-0.3, -0.25) is 4.79 Å². The van der Waals surface area contributed by atoms with E-state index in [0.29, 0.717) is 13.0 Å². The van der Waals surface area contributed by atoms with Crippen molar-refractivity contribution in [2.45, 2.75) is 45.3 Å². The molecule has 0 aliphatic carbocycles. The predicted octanol–water partition coefficient (Wildman–Crippen LogP) is 0.600. The third-order valence-electron chi connectivity index (χ3n) is 2.07. The van der Waals surface area contributed by atoms with Gasteiger partial charge in [0, 0.05) is 12.6 Å². The third-order valence-corrected chi connectivity index (χ3v) is 2.07. The van der Waals surface area contributed by atoms with Gasteiger partial charge in [-0.2, -0.15) is 0 Å². The standard InChI is InChI=1S/C9H19NO3/c1-4-9(3,13)6-10-7(2)5-8(11)12/h7,10,13H,4-6H2,1-3H3,(H,11,12). The molecule has 0 amide bonds. The summed E-state index contributed by atoms with van der Waals surface area (Å²) in [6.45, 7) is 5.84. The average Bonchev–Trinajstić information content (AvgIpc) is 2.00. The molecule has 4 nitrogen and oxygen atoms in total. The van der Waals surface area contributed by atoms with Crippen molar-refractivity contribution in [1.29, 1.82) is 0 Å². The van der Waals surface area contributed by atoms with Crippen LogP contribution in [0.25, 0.3) is 0 Å². The summed E-state index contributed by atoms with van der Waals surface area (Å²) in [6, 6.07) is -0.101. The largest absolute Gasteiger partial charge is 0.481 e. The molecule has 0 bridgehead atoms. The number of carbonyl (C=O) groups is 1. The molecule has 3 N–H and O–H groups in total. The number of nitrogens with one attached hydrogen (secondary N) is 1. The molecule has 0 aliphatic heterocycles. The van der Waals surface area contributed by atoms with Crippen LogP contribution >= 0.6 is 0 Å². The van der Waals surface area contributed by atoms with Crippen molar-refractivity contribution in [3.63, 3.8) is 0 Å². The Balaban J connectivity index is 3.69. The summed E-state index contributed by atoms with van der Waals surface area (Å²) in [5, 5.41) is 21.0. The number of rotatable bonds is 6. The van der Waals surface area contributed by atoms with Crippen molar-refractivity contribution in [2.75, 3.05) is 6.54 Å². The van der Waals surface area contributed by atoms with Gasteiger partial charge in [0.25, 0.3) is 0 Å². The molecule has 78 valence electrons. The molecule has 0 spiro atoms. The lowest BCUT2D eigenvalue weighted by Gasteiger charge is -2.23. The van der Waals surface area contributed by atoms with Crippen LogP contribution in [0.5, 0.6) is 0 Å². The first-order chi connectivity index (χ1) is 5.87. The van der Waals surface area contributed by atoms with E-state index in [4.69, 9.17) is 5.11 Å². The van der Waals surface area contributed by atoms with E-state index in [9.17, 15) is 9.90 Å². The van der Waals surface area contributed by atoms with E-state index in [1.807, 2.05) is 6.92 Å². The maximum absolute atomic E-state index is 10.3. The first-order valence-corrected chi connectivity index (χ1v) is 4.55. The molecule has 0 aliphatic rings. The van der Waals surface area contributed by atoms with E-state index >= 15 is 0 Å². The molecule has 0 aromatic rings. The molecule has 0 radical (unpaired) electrons. The van der Waals surface area contributed by atoms with Crippen molar-refractivity contribution >= 4 is 5.97 Å². The zero-order valence-electron chi connectivity index (χ0n) is 8.50. The fourth-order valence-electron chi connectivity index (χ4n) is 0.853. The van der Waals surface area contributed by atoms with Gasteiger partial charge >= 0.3 is 5.97 Å². The third kappa shape index (κ3) is 6.54. The van der Waals surface area contributed by atoms with Gasteiger partial charge in [-0.05, 0) is 20.3 Å². The first kappa shape index (κ1) is 12.4. The number of carboxylic acids is 1. The Morgan fingerprint density at radius 3 is 2.54 bits per heavy atom. The van der Waals surface area contributed by atoms with Crippen LogP contribution < -0.4 is 5.32 Å². The number of aliphatic hydroxyl groups is 1. The van der Waals surface area contributed by atoms with Gasteiger partial charge < -0.3 is 15.5 Å². The van der Waals surface area contributed by atoms with Crippen LogP contribution in [-0.2, 0) is 4.79 Å². The molecule has 2 unspecified atom stereocenters. The van der Waals surface area contributed by atoms with Gasteiger partial charge in [0.05, 0.1) is 12.0 Å². The first-order valence-electron chi connectivity index (χ1n) is 4.55. The van der Waals surface area contributed by atoms with Crippen LogP contribution in [0, 0.1) is 0 Å². The van der Waals surface area contributed by atoms with E-state index in [1.54, 1.807) is 13.8 Å². The van der Waals surface area contributed by atoms with Crippen LogP contribution in [-0.4, -0.2) is 34.4 Å². The molecular formula is C9H19NO3. The lowest BCUT2D eigenvalue weighted by molar-refractivity contribution is -0.137. The van der Waals surface area contributed by atoms with Gasteiger partial charge in [-0.1, -0.05) is 6.92 Å². The van der Waals surface area contributed by atoms with E-state index in [0.717, 1.165) is 0 Å². The minimum atomic E-state index is -0.823. The average molecular weight is 189 g/mol. The summed E-state index contributed by atoms with van der Waals surface area (Å²) >= 11 is 0. The lowest BCUT2D eigenvalue weighted by Crippen LogP contribution is -2.41. The van der Waals surface area contributed by atoms with Gasteiger partial charge in [-0.25, -0.2) is 0 Å². The molecule has 4 heteroatoms. The highest BCUT2D eigenvalue weighted by atomic mass is 16.4.